The minimum Gasteiger partial charge on any atom is -0.406 e. The van der Waals surface area contributed by atoms with E-state index in [0.29, 0.717) is 0 Å². The number of rotatable bonds is 2. The lowest BCUT2D eigenvalue weighted by Crippen LogP contribution is -2.17. The smallest absolute Gasteiger partial charge is 0.406 e. The number of hydrogen-bond acceptors (Lipinski definition) is 3. The van der Waals surface area contributed by atoms with Gasteiger partial charge in [-0.3, -0.25) is 0 Å². The summed E-state index contributed by atoms with van der Waals surface area (Å²) in [6.45, 7) is 0. The van der Waals surface area contributed by atoms with E-state index in [2.05, 4.69) is 16.1 Å². The van der Waals surface area contributed by atoms with Crippen molar-refractivity contribution >= 4 is 11.8 Å². The first-order valence-electron chi connectivity index (χ1n) is 5.89. The van der Waals surface area contributed by atoms with Gasteiger partial charge in [0, 0.05) is 17.3 Å². The fraction of sp³-hybridized carbons (Fsp3) is 0.143. The van der Waals surface area contributed by atoms with Crippen molar-refractivity contribution in [3.05, 3.63) is 64.9 Å². The Balaban J connectivity index is 1.76. The maximum atomic E-state index is 12.1. The van der Waals surface area contributed by atoms with E-state index in [1.165, 1.54) is 12.1 Å². The Labute approximate surface area is 118 Å². The van der Waals surface area contributed by atoms with Crippen molar-refractivity contribution in [2.75, 3.05) is 0 Å². The summed E-state index contributed by atoms with van der Waals surface area (Å²) in [6.07, 6.45) is 3.18. The lowest BCUT2D eigenvalue weighted by Gasteiger charge is -2.11. The summed E-state index contributed by atoms with van der Waals surface area (Å²) in [5.41, 5.74) is 2.08. The Hall–Kier alpha value is -1.82. The molecule has 0 bridgehead atoms. The van der Waals surface area contributed by atoms with Crippen LogP contribution in [0.25, 0.3) is 0 Å². The molecule has 1 N–H and O–H groups in total. The summed E-state index contributed by atoms with van der Waals surface area (Å²) >= 11 is 1.66. The number of hydrogen-bond donors (Lipinski definition) is 1. The molecule has 0 aromatic heterocycles. The van der Waals surface area contributed by atoms with Crippen LogP contribution in [0.2, 0.25) is 0 Å². The van der Waals surface area contributed by atoms with Crippen LogP contribution in [0.4, 0.5) is 13.2 Å². The Morgan fingerprint density at radius 2 is 1.90 bits per heavy atom. The Kier molecular flexibility index (Phi) is 3.25. The first kappa shape index (κ1) is 13.2. The van der Waals surface area contributed by atoms with Crippen LogP contribution in [-0.2, 0) is 0 Å². The Morgan fingerprint density at radius 1 is 1.15 bits per heavy atom. The number of ether oxygens (including phenoxy) is 1. The molecule has 0 amide bonds. The zero-order chi connectivity index (χ0) is 14.2. The van der Waals surface area contributed by atoms with E-state index >= 15 is 0 Å². The Morgan fingerprint density at radius 3 is 2.55 bits per heavy atom. The Bertz CT molecular complexity index is 602. The first-order valence-corrected chi connectivity index (χ1v) is 6.76. The third kappa shape index (κ3) is 2.85. The second-order valence-corrected chi connectivity index (χ2v) is 5.47. The number of dihydropyridines is 1. The average Bonchev–Trinajstić information content (AvgIpc) is 2.81. The van der Waals surface area contributed by atoms with Gasteiger partial charge in [-0.05, 0) is 29.3 Å². The highest BCUT2D eigenvalue weighted by atomic mass is 32.2. The molecule has 0 radical (unpaired) electrons. The molecule has 1 aromatic rings. The lowest BCUT2D eigenvalue weighted by atomic mass is 10.1. The summed E-state index contributed by atoms with van der Waals surface area (Å²) in [5, 5.41) is 3.13. The van der Waals surface area contributed by atoms with E-state index in [9.17, 15) is 13.2 Å². The summed E-state index contributed by atoms with van der Waals surface area (Å²) < 4.78 is 40.1. The van der Waals surface area contributed by atoms with Crippen molar-refractivity contribution in [3.8, 4) is 5.75 Å². The van der Waals surface area contributed by atoms with Crippen molar-refractivity contribution in [3.63, 3.8) is 0 Å². The second kappa shape index (κ2) is 4.94. The topological polar surface area (TPSA) is 21.3 Å². The van der Waals surface area contributed by atoms with Crippen LogP contribution >= 0.6 is 11.8 Å². The van der Waals surface area contributed by atoms with Crippen LogP contribution < -0.4 is 10.1 Å². The summed E-state index contributed by atoms with van der Waals surface area (Å²) in [7, 11) is 0. The SMILES string of the molecule is FC(F)(F)Oc1ccc(C2C=C3C=CNC=C3S2)cc1. The van der Waals surface area contributed by atoms with Crippen molar-refractivity contribution in [2.24, 2.45) is 0 Å². The van der Waals surface area contributed by atoms with Crippen LogP contribution in [-0.4, -0.2) is 6.36 Å². The molecule has 0 spiro atoms. The summed E-state index contributed by atoms with van der Waals surface area (Å²) in [4.78, 5) is 1.13. The maximum Gasteiger partial charge on any atom is 0.573 e. The van der Waals surface area contributed by atoms with E-state index < -0.39 is 6.36 Å². The van der Waals surface area contributed by atoms with Gasteiger partial charge in [0.1, 0.15) is 5.75 Å². The van der Waals surface area contributed by atoms with Gasteiger partial charge < -0.3 is 10.1 Å². The van der Waals surface area contributed by atoms with Gasteiger partial charge in [-0.1, -0.05) is 18.2 Å². The van der Waals surface area contributed by atoms with E-state index in [1.54, 1.807) is 23.9 Å². The molecule has 6 heteroatoms. The molecular formula is C14H10F3NOS. The van der Waals surface area contributed by atoms with Gasteiger partial charge in [0.15, 0.2) is 0 Å². The number of benzene rings is 1. The van der Waals surface area contributed by atoms with E-state index in [0.717, 1.165) is 16.0 Å². The van der Waals surface area contributed by atoms with Gasteiger partial charge in [0.2, 0.25) is 0 Å². The number of alkyl halides is 3. The van der Waals surface area contributed by atoms with E-state index in [1.807, 2.05) is 18.5 Å². The highest BCUT2D eigenvalue weighted by Gasteiger charge is 2.31. The largest absolute Gasteiger partial charge is 0.573 e. The molecule has 2 aliphatic heterocycles. The van der Waals surface area contributed by atoms with Gasteiger partial charge in [-0.2, -0.15) is 0 Å². The standard InChI is InChI=1S/C14H10F3NOS/c15-14(16,17)19-11-3-1-9(2-4-11)12-7-10-5-6-18-8-13(10)20-12/h1-8,12,18H. The predicted octanol–water partition coefficient (Wildman–Crippen LogP) is 4.26. The highest BCUT2D eigenvalue weighted by molar-refractivity contribution is 8.04. The zero-order valence-corrected chi connectivity index (χ0v) is 11.0. The fourth-order valence-corrected chi connectivity index (χ4v) is 3.21. The molecule has 2 heterocycles. The number of nitrogens with one attached hydrogen (secondary N) is 1. The summed E-state index contributed by atoms with van der Waals surface area (Å²) in [5.74, 6) is -0.199. The molecule has 0 saturated heterocycles. The monoisotopic (exact) mass is 297 g/mol. The number of halogens is 3. The molecule has 1 aromatic carbocycles. The maximum absolute atomic E-state index is 12.1. The predicted molar refractivity (Wildman–Crippen MR) is 71.9 cm³/mol. The second-order valence-electron chi connectivity index (χ2n) is 4.29. The van der Waals surface area contributed by atoms with Crippen LogP contribution in [0.5, 0.6) is 5.75 Å². The number of fused-ring (bicyclic) bond motifs is 1. The molecule has 104 valence electrons. The first-order chi connectivity index (χ1) is 9.51. The third-order valence-corrected chi connectivity index (χ3v) is 4.15. The molecule has 2 aliphatic rings. The van der Waals surface area contributed by atoms with Crippen LogP contribution in [0.1, 0.15) is 10.8 Å². The van der Waals surface area contributed by atoms with Gasteiger partial charge >= 0.3 is 6.36 Å². The van der Waals surface area contributed by atoms with Crippen molar-refractivity contribution < 1.29 is 17.9 Å². The van der Waals surface area contributed by atoms with Crippen molar-refractivity contribution in [1.82, 2.24) is 5.32 Å². The zero-order valence-electron chi connectivity index (χ0n) is 10.1. The molecule has 0 aliphatic carbocycles. The van der Waals surface area contributed by atoms with Gasteiger partial charge in [-0.15, -0.1) is 24.9 Å². The third-order valence-electron chi connectivity index (χ3n) is 2.89. The molecule has 1 atom stereocenters. The van der Waals surface area contributed by atoms with Gasteiger partial charge in [-0.25, -0.2) is 0 Å². The van der Waals surface area contributed by atoms with Crippen LogP contribution in [0.3, 0.4) is 0 Å². The average molecular weight is 297 g/mol. The molecule has 3 rings (SSSR count). The van der Waals surface area contributed by atoms with Gasteiger partial charge in [0.05, 0.1) is 5.25 Å². The highest BCUT2D eigenvalue weighted by Crippen LogP contribution is 2.47. The number of allylic oxidation sites excluding steroid dienone is 2. The van der Waals surface area contributed by atoms with Crippen molar-refractivity contribution in [2.45, 2.75) is 11.6 Å². The van der Waals surface area contributed by atoms with E-state index in [4.69, 9.17) is 0 Å². The van der Waals surface area contributed by atoms with Gasteiger partial charge in [0.25, 0.3) is 0 Å². The molecule has 0 fully saturated rings. The lowest BCUT2D eigenvalue weighted by molar-refractivity contribution is -0.274. The van der Waals surface area contributed by atoms with Crippen LogP contribution in [0.15, 0.2) is 59.3 Å². The van der Waals surface area contributed by atoms with Crippen LogP contribution in [0, 0.1) is 0 Å². The molecule has 1 unspecified atom stereocenters. The van der Waals surface area contributed by atoms with Crippen molar-refractivity contribution in [1.29, 1.82) is 0 Å². The summed E-state index contributed by atoms with van der Waals surface area (Å²) in [6, 6.07) is 5.99. The van der Waals surface area contributed by atoms with E-state index in [-0.39, 0.29) is 11.0 Å². The molecule has 0 saturated carbocycles. The quantitative estimate of drug-likeness (QED) is 0.881. The molecule has 20 heavy (non-hydrogen) atoms. The molecular weight excluding hydrogens is 287 g/mol. The fourth-order valence-electron chi connectivity index (χ4n) is 2.02. The minimum atomic E-state index is -4.65. The minimum absolute atomic E-state index is 0.112. The normalized spacial score (nSPS) is 20.9. The molecule has 2 nitrogen and oxygen atoms in total. The number of thioether (sulfide) groups is 1.